The van der Waals surface area contributed by atoms with Gasteiger partial charge in [0.05, 0.1) is 11.5 Å². The molecule has 1 aromatic carbocycles. The van der Waals surface area contributed by atoms with E-state index < -0.39 is 13.5 Å². The largest absolute Gasteiger partial charge is 1.00 e. The van der Waals surface area contributed by atoms with Gasteiger partial charge in [-0.1, -0.05) is 27.5 Å². The van der Waals surface area contributed by atoms with Crippen molar-refractivity contribution in [3.8, 4) is 5.75 Å². The summed E-state index contributed by atoms with van der Waals surface area (Å²) in [5, 5.41) is 0.168. The van der Waals surface area contributed by atoms with Crippen LogP contribution in [-0.4, -0.2) is 13.5 Å². The summed E-state index contributed by atoms with van der Waals surface area (Å²) < 4.78 is 41.2. The molecule has 8 heteroatoms. The first-order valence-corrected chi connectivity index (χ1v) is 5.26. The van der Waals surface area contributed by atoms with E-state index in [-0.39, 0.29) is 62.2 Å². The Kier molecular flexibility index (Phi) is 7.58. The molecule has 0 saturated heterocycles. The SMILES string of the molecule is Cc1cc(Br)cc(Cl)c1OC[B-](F)(F)F.[K+]. The molecule has 0 amide bonds. The topological polar surface area (TPSA) is 9.23 Å². The van der Waals surface area contributed by atoms with Crippen molar-refractivity contribution >= 4 is 34.5 Å². The Bertz CT molecular complexity index is 352. The molecule has 0 unspecified atom stereocenters. The van der Waals surface area contributed by atoms with Crippen molar-refractivity contribution < 1.29 is 69.1 Å². The van der Waals surface area contributed by atoms with E-state index in [1.807, 2.05) is 0 Å². The second kappa shape index (κ2) is 7.01. The Morgan fingerprint density at radius 3 is 2.38 bits per heavy atom. The Hall–Kier alpha value is 1.28. The van der Waals surface area contributed by atoms with Gasteiger partial charge in [0.2, 0.25) is 0 Å². The molecule has 0 radical (unpaired) electrons. The van der Waals surface area contributed by atoms with Crippen molar-refractivity contribution in [3.63, 3.8) is 0 Å². The Balaban J connectivity index is 0.00000225. The Morgan fingerprint density at radius 1 is 1.38 bits per heavy atom. The average Bonchev–Trinajstić information content (AvgIpc) is 1.99. The second-order valence-corrected chi connectivity index (χ2v) is 4.38. The van der Waals surface area contributed by atoms with Crippen molar-refractivity contribution in [2.75, 3.05) is 6.51 Å². The smallest absolute Gasteiger partial charge is 0.520 e. The quantitative estimate of drug-likeness (QED) is 0.751. The van der Waals surface area contributed by atoms with E-state index in [9.17, 15) is 12.9 Å². The Labute approximate surface area is 148 Å². The number of benzene rings is 1. The molecule has 1 rings (SSSR count). The zero-order chi connectivity index (χ0) is 11.6. The number of aryl methyl sites for hydroxylation is 1. The van der Waals surface area contributed by atoms with Crippen LogP contribution in [0.2, 0.25) is 5.02 Å². The summed E-state index contributed by atoms with van der Waals surface area (Å²) in [7, 11) is 0. The van der Waals surface area contributed by atoms with Gasteiger partial charge in [-0.25, -0.2) is 0 Å². The van der Waals surface area contributed by atoms with Gasteiger partial charge >= 0.3 is 58.4 Å². The van der Waals surface area contributed by atoms with Crippen LogP contribution in [0.4, 0.5) is 12.9 Å². The molecule has 0 fully saturated rings. The van der Waals surface area contributed by atoms with Gasteiger partial charge in [0.1, 0.15) is 5.75 Å². The zero-order valence-electron chi connectivity index (χ0n) is 8.74. The van der Waals surface area contributed by atoms with Crippen LogP contribution in [0.5, 0.6) is 5.75 Å². The predicted molar refractivity (Wildman–Crippen MR) is 58.5 cm³/mol. The average molecular weight is 341 g/mol. The number of hydrogen-bond acceptors (Lipinski definition) is 1. The molecule has 0 aliphatic rings. The summed E-state index contributed by atoms with van der Waals surface area (Å²) in [5.41, 5.74) is 0.564. The van der Waals surface area contributed by atoms with Crippen molar-refractivity contribution in [3.05, 3.63) is 27.2 Å². The minimum absolute atomic E-state index is 0. The fourth-order valence-corrected chi connectivity index (χ4v) is 2.07. The Morgan fingerprint density at radius 2 is 1.94 bits per heavy atom. The minimum Gasteiger partial charge on any atom is -0.520 e. The molecule has 0 bridgehead atoms. The van der Waals surface area contributed by atoms with Crippen molar-refractivity contribution in [2.45, 2.75) is 6.92 Å². The zero-order valence-corrected chi connectivity index (χ0v) is 14.2. The maximum Gasteiger partial charge on any atom is 1.00 e. The predicted octanol–water partition coefficient (Wildman–Crippen LogP) is 1.18. The number of ether oxygens (including phenoxy) is 1. The van der Waals surface area contributed by atoms with E-state index in [1.165, 1.54) is 6.07 Å². The van der Waals surface area contributed by atoms with Gasteiger partial charge in [-0.05, 0) is 24.6 Å². The molecule has 1 aromatic rings. The monoisotopic (exact) mass is 340 g/mol. The first kappa shape index (κ1) is 17.3. The molecule has 0 aromatic heterocycles. The maximum absolute atomic E-state index is 12.0. The second-order valence-electron chi connectivity index (χ2n) is 3.05. The van der Waals surface area contributed by atoms with Gasteiger partial charge in [0.25, 0.3) is 0 Å². The molecule has 0 heterocycles. The molecular formula is C8H7BBrClF3KO. The van der Waals surface area contributed by atoms with Crippen LogP contribution in [0.3, 0.4) is 0 Å². The van der Waals surface area contributed by atoms with E-state index >= 15 is 0 Å². The fraction of sp³-hybridized carbons (Fsp3) is 0.250. The van der Waals surface area contributed by atoms with E-state index in [0.29, 0.717) is 10.0 Å². The summed E-state index contributed by atoms with van der Waals surface area (Å²) >= 11 is 8.93. The third kappa shape index (κ3) is 5.75. The van der Waals surface area contributed by atoms with E-state index in [0.717, 1.165) is 0 Å². The van der Waals surface area contributed by atoms with Crippen LogP contribution in [0.1, 0.15) is 5.56 Å². The number of hydrogen-bond donors (Lipinski definition) is 0. The van der Waals surface area contributed by atoms with Gasteiger partial charge in [0, 0.05) is 4.47 Å². The normalized spacial score (nSPS) is 10.9. The van der Waals surface area contributed by atoms with Crippen LogP contribution in [0.15, 0.2) is 16.6 Å². The van der Waals surface area contributed by atoms with Gasteiger partial charge < -0.3 is 17.7 Å². The maximum atomic E-state index is 12.0. The van der Waals surface area contributed by atoms with Crippen LogP contribution in [0.25, 0.3) is 0 Å². The summed E-state index contributed by atoms with van der Waals surface area (Å²) in [4.78, 5) is 0. The molecule has 0 aliphatic carbocycles. The summed E-state index contributed by atoms with van der Waals surface area (Å²) in [5.74, 6) is 0.0825. The summed E-state index contributed by atoms with van der Waals surface area (Å²) in [6, 6.07) is 3.14. The molecule has 16 heavy (non-hydrogen) atoms. The third-order valence-electron chi connectivity index (χ3n) is 1.61. The fourth-order valence-electron chi connectivity index (χ4n) is 1.05. The van der Waals surface area contributed by atoms with Crippen molar-refractivity contribution in [1.82, 2.24) is 0 Å². The summed E-state index contributed by atoms with van der Waals surface area (Å²) in [6.07, 6.45) is 0. The van der Waals surface area contributed by atoms with Gasteiger partial charge in [0.15, 0.2) is 0 Å². The third-order valence-corrected chi connectivity index (χ3v) is 2.35. The van der Waals surface area contributed by atoms with Gasteiger partial charge in [-0.2, -0.15) is 0 Å². The molecule has 0 N–H and O–H groups in total. The summed E-state index contributed by atoms with van der Waals surface area (Å²) in [6.45, 7) is -4.60. The van der Waals surface area contributed by atoms with Crippen LogP contribution >= 0.6 is 27.5 Å². The minimum atomic E-state index is -4.96. The molecule has 1 nitrogen and oxygen atoms in total. The van der Waals surface area contributed by atoms with E-state index in [1.54, 1.807) is 13.0 Å². The van der Waals surface area contributed by atoms with E-state index in [4.69, 9.17) is 11.6 Å². The van der Waals surface area contributed by atoms with Crippen molar-refractivity contribution in [2.24, 2.45) is 0 Å². The molecule has 0 spiro atoms. The van der Waals surface area contributed by atoms with Crippen molar-refractivity contribution in [1.29, 1.82) is 0 Å². The molecule has 0 saturated carbocycles. The molecule has 0 aliphatic heterocycles. The molecule has 0 atom stereocenters. The van der Waals surface area contributed by atoms with Gasteiger partial charge in [-0.3, -0.25) is 0 Å². The van der Waals surface area contributed by atoms with Gasteiger partial charge in [-0.15, -0.1) is 0 Å². The van der Waals surface area contributed by atoms with Crippen LogP contribution < -0.4 is 56.1 Å². The number of halogens is 5. The first-order chi connectivity index (χ1) is 6.79. The first-order valence-electron chi connectivity index (χ1n) is 4.09. The van der Waals surface area contributed by atoms with E-state index in [2.05, 4.69) is 20.7 Å². The standard InChI is InChI=1S/C8H7BBrClF3O.K/c1-5-2-6(10)3-7(11)8(5)15-4-9(12,13)14;/h2-3H,4H2,1H3;/q-1;+1. The molecular weight excluding hydrogens is 334 g/mol. The number of rotatable bonds is 3. The van der Waals surface area contributed by atoms with Crippen LogP contribution in [0, 0.1) is 6.92 Å². The molecule has 84 valence electrons. The van der Waals surface area contributed by atoms with Crippen LogP contribution in [-0.2, 0) is 0 Å².